The number of methoxy groups -OCH3 is 1. The van der Waals surface area contributed by atoms with Crippen molar-refractivity contribution < 1.29 is 29.0 Å². The van der Waals surface area contributed by atoms with E-state index in [1.165, 1.54) is 19.1 Å². The van der Waals surface area contributed by atoms with Gasteiger partial charge in [-0.15, -0.1) is 0 Å². The Hall–Kier alpha value is -2.16. The summed E-state index contributed by atoms with van der Waals surface area (Å²) in [7, 11) is 2.90. The molecule has 2 saturated heterocycles. The number of nitrogens with zero attached hydrogens (tertiary/aromatic N) is 3. The van der Waals surface area contributed by atoms with E-state index in [2.05, 4.69) is 0 Å². The average molecular weight is 299 g/mol. The molecule has 2 unspecified atom stereocenters. The predicted octanol–water partition coefficient (Wildman–Crippen LogP) is -1.42. The molecule has 9 nitrogen and oxygen atoms in total. The van der Waals surface area contributed by atoms with E-state index in [0.717, 1.165) is 9.80 Å². The Morgan fingerprint density at radius 2 is 2.05 bits per heavy atom. The van der Waals surface area contributed by atoms with Crippen LogP contribution in [-0.4, -0.2) is 89.6 Å². The van der Waals surface area contributed by atoms with Crippen LogP contribution < -0.4 is 0 Å². The third-order valence-corrected chi connectivity index (χ3v) is 3.73. The Morgan fingerprint density at radius 1 is 1.38 bits per heavy atom. The van der Waals surface area contributed by atoms with Crippen molar-refractivity contribution in [2.24, 2.45) is 0 Å². The van der Waals surface area contributed by atoms with Gasteiger partial charge in [0.25, 0.3) is 5.91 Å². The minimum atomic E-state index is -1.13. The van der Waals surface area contributed by atoms with Crippen molar-refractivity contribution in [1.29, 1.82) is 0 Å². The lowest BCUT2D eigenvalue weighted by molar-refractivity contribution is -0.148. The summed E-state index contributed by atoms with van der Waals surface area (Å²) in [4.78, 5) is 49.9. The number of ether oxygens (including phenoxy) is 1. The van der Waals surface area contributed by atoms with E-state index >= 15 is 0 Å². The van der Waals surface area contributed by atoms with Crippen LogP contribution >= 0.6 is 0 Å². The average Bonchev–Trinajstić information content (AvgIpc) is 2.96. The molecule has 2 rings (SSSR count). The van der Waals surface area contributed by atoms with Gasteiger partial charge in [-0.05, 0) is 0 Å². The minimum Gasteiger partial charge on any atom is -0.480 e. The maximum atomic E-state index is 12.2. The quantitative estimate of drug-likeness (QED) is 0.638. The van der Waals surface area contributed by atoms with Gasteiger partial charge in [-0.2, -0.15) is 0 Å². The van der Waals surface area contributed by atoms with E-state index in [9.17, 15) is 19.2 Å². The highest BCUT2D eigenvalue weighted by molar-refractivity contribution is 6.04. The molecule has 0 aromatic heterocycles. The summed E-state index contributed by atoms with van der Waals surface area (Å²) in [6.07, 6.45) is -0.165. The molecule has 0 spiro atoms. The van der Waals surface area contributed by atoms with E-state index in [-0.39, 0.29) is 25.6 Å². The summed E-state index contributed by atoms with van der Waals surface area (Å²) in [6, 6.07) is -1.55. The molecule has 2 atom stereocenters. The molecular weight excluding hydrogens is 282 g/mol. The van der Waals surface area contributed by atoms with Crippen molar-refractivity contribution in [2.45, 2.75) is 18.6 Å². The van der Waals surface area contributed by atoms with Gasteiger partial charge in [-0.3, -0.25) is 14.5 Å². The van der Waals surface area contributed by atoms with E-state index in [4.69, 9.17) is 9.84 Å². The summed E-state index contributed by atoms with van der Waals surface area (Å²) in [6.45, 7) is -0.379. The normalized spacial score (nSPS) is 25.9. The molecule has 0 aromatic carbocycles. The first-order chi connectivity index (χ1) is 9.85. The van der Waals surface area contributed by atoms with Gasteiger partial charge in [0, 0.05) is 27.1 Å². The SMILES string of the molecule is COC1CC(C(=O)O)N(C(=O)CN2C(=O)CN(C)C2=O)C1. The molecule has 4 amide bonds. The first-order valence-corrected chi connectivity index (χ1v) is 6.45. The highest BCUT2D eigenvalue weighted by Gasteiger charge is 2.42. The number of carboxylic acid groups (broad SMARTS) is 1. The van der Waals surface area contributed by atoms with Gasteiger partial charge in [0.1, 0.15) is 19.1 Å². The standard InChI is InChI=1S/C12H17N3O6/c1-13-5-9(16)15(12(13)20)6-10(17)14-4-7(21-2)3-8(14)11(18)19/h7-8H,3-6H2,1-2H3,(H,18,19). The largest absolute Gasteiger partial charge is 0.480 e. The zero-order valence-electron chi connectivity index (χ0n) is 11.8. The van der Waals surface area contributed by atoms with Gasteiger partial charge in [0.2, 0.25) is 5.91 Å². The van der Waals surface area contributed by atoms with Gasteiger partial charge >= 0.3 is 12.0 Å². The number of likely N-dealkylation sites (N-methyl/N-ethyl adjacent to an activating group) is 1. The lowest BCUT2D eigenvalue weighted by atomic mass is 10.2. The summed E-state index contributed by atoms with van der Waals surface area (Å²) in [5, 5.41) is 9.15. The molecule has 0 aromatic rings. The van der Waals surface area contributed by atoms with Gasteiger partial charge in [0.05, 0.1) is 6.10 Å². The third-order valence-electron chi connectivity index (χ3n) is 3.73. The zero-order valence-corrected chi connectivity index (χ0v) is 11.8. The topological polar surface area (TPSA) is 107 Å². The molecule has 2 aliphatic heterocycles. The summed E-state index contributed by atoms with van der Waals surface area (Å²) in [5.41, 5.74) is 0. The fourth-order valence-electron chi connectivity index (χ4n) is 2.53. The van der Waals surface area contributed by atoms with Crippen LogP contribution in [0, 0.1) is 0 Å². The maximum Gasteiger partial charge on any atom is 0.327 e. The minimum absolute atomic E-state index is 0.0742. The Balaban J connectivity index is 2.07. The van der Waals surface area contributed by atoms with E-state index < -0.39 is 36.4 Å². The lowest BCUT2D eigenvalue weighted by Crippen LogP contribution is -2.47. The molecule has 2 fully saturated rings. The molecule has 2 aliphatic rings. The van der Waals surface area contributed by atoms with Crippen LogP contribution in [0.5, 0.6) is 0 Å². The van der Waals surface area contributed by atoms with E-state index in [1.807, 2.05) is 0 Å². The molecule has 1 N–H and O–H groups in total. The van der Waals surface area contributed by atoms with Crippen LogP contribution in [0.4, 0.5) is 4.79 Å². The fraction of sp³-hybridized carbons (Fsp3) is 0.667. The Morgan fingerprint density at radius 3 is 2.52 bits per heavy atom. The molecule has 116 valence electrons. The number of hydrogen-bond donors (Lipinski definition) is 1. The van der Waals surface area contributed by atoms with Gasteiger partial charge in [-0.1, -0.05) is 0 Å². The van der Waals surface area contributed by atoms with Gasteiger partial charge in [0.15, 0.2) is 0 Å². The number of hydrogen-bond acceptors (Lipinski definition) is 5. The number of amides is 4. The molecule has 0 radical (unpaired) electrons. The van der Waals surface area contributed by atoms with Crippen LogP contribution in [0.2, 0.25) is 0 Å². The maximum absolute atomic E-state index is 12.2. The summed E-state index contributed by atoms with van der Waals surface area (Å²) < 4.78 is 5.09. The molecule has 21 heavy (non-hydrogen) atoms. The molecular formula is C12H17N3O6. The van der Waals surface area contributed by atoms with Crippen LogP contribution in [0.15, 0.2) is 0 Å². The van der Waals surface area contributed by atoms with Crippen LogP contribution in [-0.2, 0) is 19.1 Å². The van der Waals surface area contributed by atoms with Crippen molar-refractivity contribution in [3.63, 3.8) is 0 Å². The van der Waals surface area contributed by atoms with Crippen molar-refractivity contribution in [3.8, 4) is 0 Å². The number of carbonyl (C=O) groups is 4. The highest BCUT2D eigenvalue weighted by Crippen LogP contribution is 2.21. The molecule has 9 heteroatoms. The highest BCUT2D eigenvalue weighted by atomic mass is 16.5. The smallest absolute Gasteiger partial charge is 0.327 e. The second-order valence-electron chi connectivity index (χ2n) is 5.11. The molecule has 0 bridgehead atoms. The van der Waals surface area contributed by atoms with Crippen molar-refractivity contribution >= 4 is 23.8 Å². The second-order valence-corrected chi connectivity index (χ2v) is 5.11. The third kappa shape index (κ3) is 2.82. The van der Waals surface area contributed by atoms with Gasteiger partial charge in [-0.25, -0.2) is 9.59 Å². The van der Waals surface area contributed by atoms with Gasteiger partial charge < -0.3 is 19.6 Å². The predicted molar refractivity (Wildman–Crippen MR) is 68.3 cm³/mol. The number of likely N-dealkylation sites (tertiary alicyclic amines) is 1. The molecule has 0 saturated carbocycles. The number of rotatable bonds is 4. The molecule has 2 heterocycles. The number of carbonyl (C=O) groups excluding carboxylic acids is 3. The first-order valence-electron chi connectivity index (χ1n) is 6.45. The van der Waals surface area contributed by atoms with Crippen LogP contribution in [0.3, 0.4) is 0 Å². The van der Waals surface area contributed by atoms with Crippen LogP contribution in [0.1, 0.15) is 6.42 Å². The Labute approximate surface area is 121 Å². The van der Waals surface area contributed by atoms with Crippen molar-refractivity contribution in [3.05, 3.63) is 0 Å². The van der Waals surface area contributed by atoms with Crippen molar-refractivity contribution in [2.75, 3.05) is 33.8 Å². The van der Waals surface area contributed by atoms with Crippen LogP contribution in [0.25, 0.3) is 0 Å². The number of aliphatic carboxylic acids is 1. The Kier molecular flexibility index (Phi) is 4.12. The van der Waals surface area contributed by atoms with Crippen molar-refractivity contribution in [1.82, 2.24) is 14.7 Å². The van der Waals surface area contributed by atoms with E-state index in [1.54, 1.807) is 0 Å². The summed E-state index contributed by atoms with van der Waals surface area (Å²) >= 11 is 0. The number of urea groups is 1. The monoisotopic (exact) mass is 299 g/mol. The number of carboxylic acids is 1. The summed E-state index contributed by atoms with van der Waals surface area (Å²) in [5.74, 6) is -2.16. The fourth-order valence-corrected chi connectivity index (χ4v) is 2.53. The first kappa shape index (κ1) is 15.2. The second kappa shape index (κ2) is 5.68. The Bertz CT molecular complexity index is 493. The zero-order chi connectivity index (χ0) is 15.7. The lowest BCUT2D eigenvalue weighted by Gasteiger charge is -2.23. The van der Waals surface area contributed by atoms with E-state index in [0.29, 0.717) is 0 Å². The molecule has 0 aliphatic carbocycles. The number of imide groups is 1.